The molecule has 2 heteroatoms. The summed E-state index contributed by atoms with van der Waals surface area (Å²) in [6, 6.07) is 17.7. The molecular formula is C40H46N2. The second-order valence-corrected chi connectivity index (χ2v) is 15.6. The molecule has 2 aromatic carbocycles. The summed E-state index contributed by atoms with van der Waals surface area (Å²) < 4.78 is 0. The van der Waals surface area contributed by atoms with Gasteiger partial charge in [0.05, 0.1) is 12.1 Å². The Kier molecular flexibility index (Phi) is 9.08. The third kappa shape index (κ3) is 8.06. The van der Waals surface area contributed by atoms with Crippen LogP contribution in [-0.2, 0) is 21.7 Å². The summed E-state index contributed by atoms with van der Waals surface area (Å²) in [6.07, 6.45) is 0.660. The van der Waals surface area contributed by atoms with Gasteiger partial charge in [-0.15, -0.1) is 0 Å². The van der Waals surface area contributed by atoms with Crippen LogP contribution < -0.4 is 0 Å². The van der Waals surface area contributed by atoms with Crippen LogP contribution in [0.15, 0.2) is 58.7 Å². The smallest absolute Gasteiger partial charge is 0.0961 e. The molecule has 2 aromatic rings. The predicted molar refractivity (Wildman–Crippen MR) is 176 cm³/mol. The molecule has 0 saturated carbocycles. The molecule has 0 heterocycles. The van der Waals surface area contributed by atoms with E-state index in [9.17, 15) is 10.5 Å². The van der Waals surface area contributed by atoms with Gasteiger partial charge in [-0.05, 0) is 68.2 Å². The van der Waals surface area contributed by atoms with Gasteiger partial charge in [-0.25, -0.2) is 0 Å². The fourth-order valence-electron chi connectivity index (χ4n) is 4.66. The van der Waals surface area contributed by atoms with Crippen molar-refractivity contribution in [3.63, 3.8) is 0 Å². The quantitative estimate of drug-likeness (QED) is 0.304. The molecule has 0 radical (unpaired) electrons. The van der Waals surface area contributed by atoms with Crippen molar-refractivity contribution in [1.82, 2.24) is 0 Å². The molecule has 0 atom stereocenters. The van der Waals surface area contributed by atoms with Gasteiger partial charge in [0.15, 0.2) is 0 Å². The maximum absolute atomic E-state index is 9.79. The average Bonchev–Trinajstić information content (AvgIpc) is 2.88. The van der Waals surface area contributed by atoms with E-state index in [2.05, 4.69) is 155 Å². The summed E-state index contributed by atoms with van der Waals surface area (Å²) in [5.41, 5.74) is 9.45. The molecule has 2 nitrogen and oxygen atoms in total. The molecule has 216 valence electrons. The van der Waals surface area contributed by atoms with Gasteiger partial charge in [0.2, 0.25) is 0 Å². The summed E-state index contributed by atoms with van der Waals surface area (Å²) in [6.45, 7) is 26.6. The first-order valence-corrected chi connectivity index (χ1v) is 14.8. The number of hydrogen-bond acceptors (Lipinski definition) is 2. The molecule has 42 heavy (non-hydrogen) atoms. The van der Waals surface area contributed by atoms with E-state index in [1.807, 2.05) is 0 Å². The minimum Gasteiger partial charge on any atom is -0.193 e. The van der Waals surface area contributed by atoms with Crippen LogP contribution in [0, 0.1) is 46.3 Å². The van der Waals surface area contributed by atoms with Gasteiger partial charge in [0.1, 0.15) is 0 Å². The lowest BCUT2D eigenvalue weighted by Crippen LogP contribution is -2.16. The van der Waals surface area contributed by atoms with Crippen LogP contribution in [0.25, 0.3) is 0 Å². The third-order valence-corrected chi connectivity index (χ3v) is 7.75. The fraction of sp³-hybridized carbons (Fsp3) is 0.450. The highest BCUT2D eigenvalue weighted by atomic mass is 14.3. The topological polar surface area (TPSA) is 47.6 Å². The van der Waals surface area contributed by atoms with Crippen molar-refractivity contribution in [2.24, 2.45) is 0 Å². The minimum atomic E-state index is -0.00958. The summed E-state index contributed by atoms with van der Waals surface area (Å²) in [4.78, 5) is 0. The highest BCUT2D eigenvalue weighted by molar-refractivity contribution is 5.59. The summed E-state index contributed by atoms with van der Waals surface area (Å²) in [5.74, 6) is 13.6. The largest absolute Gasteiger partial charge is 0.193 e. The van der Waals surface area contributed by atoms with Crippen molar-refractivity contribution < 1.29 is 0 Å². The highest BCUT2D eigenvalue weighted by Gasteiger charge is 2.23. The number of hydrogen-bond donors (Lipinski definition) is 0. The zero-order valence-corrected chi connectivity index (χ0v) is 27.8. The average molecular weight is 555 g/mol. The molecular weight excluding hydrogens is 508 g/mol. The van der Waals surface area contributed by atoms with E-state index in [1.165, 1.54) is 22.3 Å². The van der Waals surface area contributed by atoms with Crippen LogP contribution in [0.5, 0.6) is 0 Å². The van der Waals surface area contributed by atoms with Gasteiger partial charge < -0.3 is 0 Å². The lowest BCUT2D eigenvalue weighted by Gasteiger charge is -2.25. The Morgan fingerprint density at radius 1 is 0.405 bits per heavy atom. The maximum atomic E-state index is 9.79. The zero-order valence-electron chi connectivity index (χ0n) is 27.8. The predicted octanol–water partition coefficient (Wildman–Crippen LogP) is 9.71. The first-order chi connectivity index (χ1) is 19.2. The molecule has 3 rings (SSSR count). The lowest BCUT2D eigenvalue weighted by molar-refractivity contribution is 0.567. The molecule has 0 fully saturated rings. The van der Waals surface area contributed by atoms with E-state index < -0.39 is 0 Å². The number of nitriles is 2. The number of nitrogens with zero attached hydrogens (tertiary/aromatic N) is 2. The molecule has 0 aromatic heterocycles. The second kappa shape index (κ2) is 11.7. The van der Waals surface area contributed by atoms with Gasteiger partial charge in [0, 0.05) is 46.3 Å². The van der Waals surface area contributed by atoms with Crippen molar-refractivity contribution in [1.29, 1.82) is 10.5 Å². The lowest BCUT2D eigenvalue weighted by atomic mass is 9.79. The van der Waals surface area contributed by atoms with Crippen LogP contribution >= 0.6 is 0 Å². The molecule has 0 saturated heterocycles. The maximum Gasteiger partial charge on any atom is 0.0961 e. The Balaban J connectivity index is 2.20. The van der Waals surface area contributed by atoms with Gasteiger partial charge >= 0.3 is 0 Å². The number of rotatable bonds is 0. The van der Waals surface area contributed by atoms with Crippen LogP contribution in [0.4, 0.5) is 0 Å². The standard InChI is InChI=1S/C40H46N2/c1-37(2,3)33-17-27(18-34(23-33)38(4,5)6)13-15-29-21-31(25-41)32(26-42)22-30(29)16-14-28-19-35(39(7,8)9)24-36(20-28)40(10,11)12/h17-20,23-24H,21-22H2,1-12H3. The molecule has 0 amide bonds. The molecule has 0 spiro atoms. The van der Waals surface area contributed by atoms with Gasteiger partial charge in [-0.1, -0.05) is 119 Å². The summed E-state index contributed by atoms with van der Waals surface area (Å²) in [7, 11) is 0. The Hall–Kier alpha value is -3.98. The van der Waals surface area contributed by atoms with Gasteiger partial charge in [-0.2, -0.15) is 10.5 Å². The molecule has 1 aliphatic carbocycles. The van der Waals surface area contributed by atoms with Crippen molar-refractivity contribution in [2.75, 3.05) is 0 Å². The Morgan fingerprint density at radius 2 is 0.667 bits per heavy atom. The van der Waals surface area contributed by atoms with E-state index in [0.717, 1.165) is 22.3 Å². The molecule has 0 N–H and O–H groups in total. The third-order valence-electron chi connectivity index (χ3n) is 7.75. The van der Waals surface area contributed by atoms with Crippen LogP contribution in [-0.4, -0.2) is 0 Å². The first kappa shape index (κ1) is 32.5. The monoisotopic (exact) mass is 554 g/mol. The Morgan fingerprint density at radius 3 is 0.881 bits per heavy atom. The van der Waals surface area contributed by atoms with Crippen LogP contribution in [0.3, 0.4) is 0 Å². The first-order valence-electron chi connectivity index (χ1n) is 14.8. The fourth-order valence-corrected chi connectivity index (χ4v) is 4.66. The molecule has 0 bridgehead atoms. The van der Waals surface area contributed by atoms with E-state index in [1.54, 1.807) is 0 Å². The van der Waals surface area contributed by atoms with E-state index >= 15 is 0 Å². The molecule has 1 aliphatic rings. The Bertz CT molecular complexity index is 1470. The van der Waals surface area contributed by atoms with Gasteiger partial charge in [-0.3, -0.25) is 0 Å². The Labute approximate surface area is 255 Å². The summed E-state index contributed by atoms with van der Waals surface area (Å²) >= 11 is 0. The van der Waals surface area contributed by atoms with E-state index in [0.29, 0.717) is 24.0 Å². The molecule has 0 unspecified atom stereocenters. The minimum absolute atomic E-state index is 0.00958. The molecule has 0 aliphatic heterocycles. The van der Waals surface area contributed by atoms with Crippen molar-refractivity contribution in [3.05, 3.63) is 92.1 Å². The number of benzene rings is 2. The van der Waals surface area contributed by atoms with Crippen LogP contribution in [0.2, 0.25) is 0 Å². The highest BCUT2D eigenvalue weighted by Crippen LogP contribution is 2.33. The van der Waals surface area contributed by atoms with E-state index in [-0.39, 0.29) is 21.7 Å². The normalized spacial score (nSPS) is 14.3. The number of allylic oxidation sites excluding steroid dienone is 4. The zero-order chi connectivity index (χ0) is 31.7. The van der Waals surface area contributed by atoms with E-state index in [4.69, 9.17) is 0 Å². The van der Waals surface area contributed by atoms with Gasteiger partial charge in [0.25, 0.3) is 0 Å². The van der Waals surface area contributed by atoms with Crippen molar-refractivity contribution >= 4 is 0 Å². The van der Waals surface area contributed by atoms with Crippen molar-refractivity contribution in [3.8, 4) is 35.8 Å². The SMILES string of the molecule is CC(C)(C)c1cc(C#CC2=C(C#Cc3cc(C(C)(C)C)cc(C(C)(C)C)c3)CC(C#N)=C(C#N)C2)cc(C(C)(C)C)c1. The summed E-state index contributed by atoms with van der Waals surface area (Å²) in [5, 5.41) is 19.6. The van der Waals surface area contributed by atoms with Crippen LogP contribution in [0.1, 0.15) is 129 Å². The second-order valence-electron chi connectivity index (χ2n) is 15.6. The van der Waals surface area contributed by atoms with Crippen molar-refractivity contribution in [2.45, 2.75) is 118 Å².